The van der Waals surface area contributed by atoms with Crippen LogP contribution in [0.3, 0.4) is 0 Å². The molecule has 0 saturated carbocycles. The maximum atomic E-state index is 9.50. The van der Waals surface area contributed by atoms with Gasteiger partial charge in [-0.15, -0.1) is 0 Å². The second kappa shape index (κ2) is 7.20. The topological polar surface area (TPSA) is 49.7 Å². The van der Waals surface area contributed by atoms with Crippen LogP contribution >= 0.6 is 0 Å². The third kappa shape index (κ3) is 4.16. The lowest BCUT2D eigenvalue weighted by Crippen LogP contribution is -3.52. The van der Waals surface area contributed by atoms with Crippen LogP contribution in [0.4, 0.5) is 0 Å². The summed E-state index contributed by atoms with van der Waals surface area (Å²) in [5.41, 5.74) is 1.18. The van der Waals surface area contributed by atoms with E-state index >= 15 is 0 Å². The summed E-state index contributed by atoms with van der Waals surface area (Å²) in [6.07, 6.45) is 1.50. The van der Waals surface area contributed by atoms with Gasteiger partial charge in [-0.3, -0.25) is 0 Å². The fourth-order valence-electron chi connectivity index (χ4n) is 2.43. The van der Waals surface area contributed by atoms with E-state index in [9.17, 15) is 10.2 Å². The number of halogens is 1. The van der Waals surface area contributed by atoms with Crippen molar-refractivity contribution in [2.75, 3.05) is 6.61 Å². The van der Waals surface area contributed by atoms with Gasteiger partial charge >= 0.3 is 0 Å². The molecule has 0 bridgehead atoms. The first-order valence-electron chi connectivity index (χ1n) is 7.15. The number of rotatable bonds is 8. The van der Waals surface area contributed by atoms with Crippen molar-refractivity contribution in [3.05, 3.63) is 35.9 Å². The van der Waals surface area contributed by atoms with Crippen LogP contribution < -0.4 is 21.2 Å². The van der Waals surface area contributed by atoms with E-state index in [1.165, 1.54) is 5.56 Å². The Morgan fingerprint density at radius 2 is 2.00 bits per heavy atom. The maximum absolute atomic E-state index is 9.50. The zero-order valence-electron chi connectivity index (χ0n) is 12.1. The van der Waals surface area contributed by atoms with Crippen molar-refractivity contribution in [1.82, 2.24) is 0 Å². The van der Waals surface area contributed by atoms with Gasteiger partial charge < -0.3 is 14.9 Å². The molecule has 2 unspecified atom stereocenters. The molecule has 2 rings (SSSR count). The Morgan fingerprint density at radius 1 is 1.30 bits per heavy atom. The van der Waals surface area contributed by atoms with Crippen molar-refractivity contribution in [2.24, 2.45) is 0 Å². The molecule has 20 heavy (non-hydrogen) atoms. The van der Waals surface area contributed by atoms with E-state index in [1.807, 2.05) is 25.1 Å². The average Bonchev–Trinajstić information content (AvgIpc) is 3.11. The molecule has 0 aromatic heterocycles. The van der Waals surface area contributed by atoms with Crippen molar-refractivity contribution in [3.8, 4) is 0 Å². The molecule has 1 saturated heterocycles. The molecule has 1 fully saturated rings. The van der Waals surface area contributed by atoms with E-state index in [4.69, 9.17) is 4.74 Å². The minimum Gasteiger partial charge on any atom is -0.393 e. The summed E-state index contributed by atoms with van der Waals surface area (Å²) in [5, 5.41) is 18.9. The largest absolute Gasteiger partial charge is 0.393 e. The van der Waals surface area contributed by atoms with Gasteiger partial charge in [-0.1, -0.05) is 30.3 Å². The molecule has 4 heteroatoms. The average molecular weight is 391 g/mol. The molecular formula is C16H24IO3+. The molecule has 0 spiro atoms. The molecule has 1 heterocycles. The van der Waals surface area contributed by atoms with Gasteiger partial charge in [0, 0.05) is 0 Å². The third-order valence-electron chi connectivity index (χ3n) is 3.86. The Bertz CT molecular complexity index is 409. The molecule has 1 aromatic rings. The lowest BCUT2D eigenvalue weighted by atomic mass is 9.96. The SMILES string of the molecule is CC(O)CCC(OCc1ccccc1)[C@@]1(C)[I+][C@H]1CO. The summed E-state index contributed by atoms with van der Waals surface area (Å²) >= 11 is 0.0127. The molecule has 1 aliphatic rings. The first kappa shape index (κ1) is 16.2. The highest BCUT2D eigenvalue weighted by molar-refractivity contribution is 5.13. The van der Waals surface area contributed by atoms with Crippen molar-refractivity contribution in [2.45, 2.75) is 52.9 Å². The number of hydrogen-bond acceptors (Lipinski definition) is 3. The van der Waals surface area contributed by atoms with Crippen molar-refractivity contribution < 1.29 is 36.2 Å². The molecule has 0 amide bonds. The van der Waals surface area contributed by atoms with Gasteiger partial charge in [-0.2, -0.15) is 0 Å². The lowest BCUT2D eigenvalue weighted by Gasteiger charge is -2.19. The monoisotopic (exact) mass is 391 g/mol. The lowest BCUT2D eigenvalue weighted by molar-refractivity contribution is -0.546. The third-order valence-corrected chi connectivity index (χ3v) is 8.42. The van der Waals surface area contributed by atoms with Crippen molar-refractivity contribution in [3.63, 3.8) is 0 Å². The Labute approximate surface area is 131 Å². The number of benzene rings is 1. The first-order chi connectivity index (χ1) is 9.56. The standard InChI is InChI=1S/C16H24IO3/c1-12(19)8-9-15(16(2)14(10-18)17-16)20-11-13-6-4-3-5-7-13/h3-7,12,14-15,18-19H,8-11H2,1-2H3/q+1/t12?,14-,15?,16-/m0/s1. The fourth-order valence-corrected chi connectivity index (χ4v) is 5.56. The van der Waals surface area contributed by atoms with Gasteiger partial charge in [0.2, 0.25) is 7.35 Å². The van der Waals surface area contributed by atoms with Gasteiger partial charge in [-0.25, -0.2) is 0 Å². The Balaban J connectivity index is 1.93. The maximum Gasteiger partial charge on any atom is 0.294 e. The van der Waals surface area contributed by atoms with Gasteiger partial charge in [-0.05, 0) is 32.3 Å². The van der Waals surface area contributed by atoms with Crippen molar-refractivity contribution >= 4 is 0 Å². The number of ether oxygens (including phenoxy) is 1. The number of alkyl halides is 2. The van der Waals surface area contributed by atoms with Crippen LogP contribution in [0.5, 0.6) is 0 Å². The van der Waals surface area contributed by atoms with E-state index in [1.54, 1.807) is 0 Å². The van der Waals surface area contributed by atoms with Crippen LogP contribution in [0.25, 0.3) is 0 Å². The number of aliphatic hydroxyl groups is 2. The molecule has 0 aliphatic carbocycles. The summed E-state index contributed by atoms with van der Waals surface area (Å²) in [5.74, 6) is 0. The molecule has 112 valence electrons. The second-order valence-corrected chi connectivity index (χ2v) is 10.1. The van der Waals surface area contributed by atoms with Gasteiger partial charge in [0.1, 0.15) is 6.10 Å². The van der Waals surface area contributed by atoms with Crippen LogP contribution in [0, 0.1) is 0 Å². The van der Waals surface area contributed by atoms with Crippen LogP contribution in [0.2, 0.25) is 0 Å². The highest BCUT2D eigenvalue weighted by Crippen LogP contribution is 2.23. The number of hydrogen-bond donors (Lipinski definition) is 2. The Kier molecular flexibility index (Phi) is 5.84. The Morgan fingerprint density at radius 3 is 2.55 bits per heavy atom. The van der Waals surface area contributed by atoms with Crippen molar-refractivity contribution in [1.29, 1.82) is 0 Å². The van der Waals surface area contributed by atoms with Gasteiger partial charge in [0.25, 0.3) is 21.2 Å². The van der Waals surface area contributed by atoms with E-state index in [0.29, 0.717) is 10.5 Å². The predicted octanol–water partition coefficient (Wildman–Crippen LogP) is -1.04. The smallest absolute Gasteiger partial charge is 0.294 e. The van der Waals surface area contributed by atoms with E-state index in [2.05, 4.69) is 19.1 Å². The van der Waals surface area contributed by atoms with Crippen LogP contribution in [-0.2, 0) is 11.3 Å². The van der Waals surface area contributed by atoms with E-state index in [0.717, 1.165) is 12.8 Å². The van der Waals surface area contributed by atoms with Crippen LogP contribution in [0.1, 0.15) is 32.3 Å². The summed E-state index contributed by atoms with van der Waals surface area (Å²) < 4.78 is 6.78. The fraction of sp³-hybridized carbons (Fsp3) is 0.625. The van der Waals surface area contributed by atoms with E-state index < -0.39 is 0 Å². The number of aliphatic hydroxyl groups excluding tert-OH is 2. The zero-order valence-corrected chi connectivity index (χ0v) is 14.3. The highest BCUT2D eigenvalue weighted by Gasteiger charge is 2.75. The zero-order chi connectivity index (χ0) is 14.6. The molecule has 1 aliphatic heterocycles. The summed E-state index contributed by atoms with van der Waals surface area (Å²) in [6.45, 7) is 4.95. The molecule has 3 nitrogen and oxygen atoms in total. The normalized spacial score (nSPS) is 28.1. The van der Waals surface area contributed by atoms with Crippen LogP contribution in [-0.4, -0.2) is 36.4 Å². The summed E-state index contributed by atoms with van der Waals surface area (Å²) in [7, 11) is 0. The second-order valence-electron chi connectivity index (χ2n) is 5.62. The minimum atomic E-state index is -0.286. The molecular weight excluding hydrogens is 367 g/mol. The van der Waals surface area contributed by atoms with Gasteiger partial charge in [0.15, 0.2) is 0 Å². The minimum absolute atomic E-state index is 0.0127. The Hall–Kier alpha value is -0.170. The predicted molar refractivity (Wildman–Crippen MR) is 75.2 cm³/mol. The highest BCUT2D eigenvalue weighted by atomic mass is 127. The molecule has 1 aromatic carbocycles. The van der Waals surface area contributed by atoms with E-state index in [-0.39, 0.29) is 43.4 Å². The molecule has 0 radical (unpaired) electrons. The summed E-state index contributed by atoms with van der Waals surface area (Å²) in [4.78, 5) is 0. The van der Waals surface area contributed by atoms with Gasteiger partial charge in [0.05, 0.1) is 19.3 Å². The van der Waals surface area contributed by atoms with Crippen LogP contribution in [0.15, 0.2) is 30.3 Å². The molecule has 2 N–H and O–H groups in total. The first-order valence-corrected chi connectivity index (χ1v) is 9.47. The quantitative estimate of drug-likeness (QED) is 0.440. The molecule has 4 atom stereocenters. The summed E-state index contributed by atoms with van der Waals surface area (Å²) in [6, 6.07) is 10.2.